The normalized spacial score (nSPS) is 16.8. The van der Waals surface area contributed by atoms with Gasteiger partial charge in [-0.2, -0.15) is 0 Å². The van der Waals surface area contributed by atoms with Gasteiger partial charge in [-0.3, -0.25) is 9.59 Å². The van der Waals surface area contributed by atoms with Crippen molar-refractivity contribution in [3.8, 4) is 0 Å². The summed E-state index contributed by atoms with van der Waals surface area (Å²) in [7, 11) is 0. The molecule has 1 unspecified atom stereocenters. The summed E-state index contributed by atoms with van der Waals surface area (Å²) in [4.78, 5) is 26.5. The maximum absolute atomic E-state index is 12.8. The third-order valence-corrected chi connectivity index (χ3v) is 4.78. The SMILES string of the molecule is CCc1ccsc1C(=O)N1CC(C(=O)O)c2ccccc21. The highest BCUT2D eigenvalue weighted by Gasteiger charge is 2.37. The number of amides is 1. The molecule has 21 heavy (non-hydrogen) atoms. The molecule has 0 saturated carbocycles. The van der Waals surface area contributed by atoms with E-state index in [0.717, 1.165) is 12.0 Å². The summed E-state index contributed by atoms with van der Waals surface area (Å²) in [5.41, 5.74) is 2.44. The van der Waals surface area contributed by atoms with Crippen LogP contribution in [-0.4, -0.2) is 23.5 Å². The Morgan fingerprint density at radius 3 is 2.81 bits per heavy atom. The molecule has 2 heterocycles. The van der Waals surface area contributed by atoms with Crippen LogP contribution in [0.15, 0.2) is 35.7 Å². The van der Waals surface area contributed by atoms with Gasteiger partial charge in [0.15, 0.2) is 0 Å². The molecular weight excluding hydrogens is 286 g/mol. The molecule has 5 heteroatoms. The molecular formula is C16H15NO3S. The fourth-order valence-electron chi connectivity index (χ4n) is 2.74. The van der Waals surface area contributed by atoms with Gasteiger partial charge >= 0.3 is 5.97 Å². The van der Waals surface area contributed by atoms with Crippen LogP contribution in [-0.2, 0) is 11.2 Å². The van der Waals surface area contributed by atoms with Gasteiger partial charge < -0.3 is 10.0 Å². The molecule has 0 saturated heterocycles. The Morgan fingerprint density at radius 2 is 2.10 bits per heavy atom. The molecule has 1 aromatic carbocycles. The number of aliphatic carboxylic acids is 1. The van der Waals surface area contributed by atoms with Crippen LogP contribution in [0.3, 0.4) is 0 Å². The number of benzene rings is 1. The number of anilines is 1. The zero-order chi connectivity index (χ0) is 15.0. The molecule has 0 aliphatic carbocycles. The molecule has 1 amide bonds. The summed E-state index contributed by atoms with van der Waals surface area (Å²) in [5.74, 6) is -1.63. The van der Waals surface area contributed by atoms with Crippen LogP contribution in [0.5, 0.6) is 0 Å². The first-order valence-corrected chi connectivity index (χ1v) is 7.71. The number of thiophene rings is 1. The van der Waals surface area contributed by atoms with Crippen LogP contribution in [0, 0.1) is 0 Å². The Morgan fingerprint density at radius 1 is 1.33 bits per heavy atom. The van der Waals surface area contributed by atoms with Crippen LogP contribution in [0.2, 0.25) is 0 Å². The topological polar surface area (TPSA) is 57.6 Å². The molecule has 3 rings (SSSR count). The third-order valence-electron chi connectivity index (χ3n) is 3.83. The summed E-state index contributed by atoms with van der Waals surface area (Å²) in [6.07, 6.45) is 0.794. The number of nitrogens with zero attached hydrogens (tertiary/aromatic N) is 1. The number of carboxylic acid groups (broad SMARTS) is 1. The van der Waals surface area contributed by atoms with Gasteiger partial charge in [-0.15, -0.1) is 11.3 Å². The van der Waals surface area contributed by atoms with E-state index in [1.54, 1.807) is 11.0 Å². The minimum Gasteiger partial charge on any atom is -0.481 e. The molecule has 1 N–H and O–H groups in total. The van der Waals surface area contributed by atoms with Crippen molar-refractivity contribution in [2.45, 2.75) is 19.3 Å². The second-order valence-electron chi connectivity index (χ2n) is 4.99. The van der Waals surface area contributed by atoms with Gasteiger partial charge in [0, 0.05) is 12.2 Å². The Labute approximate surface area is 126 Å². The highest BCUT2D eigenvalue weighted by atomic mass is 32.1. The first-order chi connectivity index (χ1) is 10.1. The van der Waals surface area contributed by atoms with Crippen molar-refractivity contribution in [3.63, 3.8) is 0 Å². The molecule has 1 aromatic heterocycles. The highest BCUT2D eigenvalue weighted by molar-refractivity contribution is 7.12. The van der Waals surface area contributed by atoms with Gasteiger partial charge in [0.25, 0.3) is 5.91 Å². The first kappa shape index (κ1) is 13.8. The van der Waals surface area contributed by atoms with E-state index in [1.165, 1.54) is 11.3 Å². The van der Waals surface area contributed by atoms with Gasteiger partial charge in [0.05, 0.1) is 4.88 Å². The minimum absolute atomic E-state index is 0.0990. The van der Waals surface area contributed by atoms with E-state index < -0.39 is 11.9 Å². The van der Waals surface area contributed by atoms with E-state index in [2.05, 4.69) is 0 Å². The molecule has 1 atom stereocenters. The molecule has 0 fully saturated rings. The summed E-state index contributed by atoms with van der Waals surface area (Å²) in [6.45, 7) is 2.21. The summed E-state index contributed by atoms with van der Waals surface area (Å²) in [6, 6.07) is 9.20. The minimum atomic E-state index is -0.889. The lowest BCUT2D eigenvalue weighted by atomic mass is 10.0. The number of hydrogen-bond acceptors (Lipinski definition) is 3. The van der Waals surface area contributed by atoms with Crippen molar-refractivity contribution in [1.29, 1.82) is 0 Å². The molecule has 108 valence electrons. The first-order valence-electron chi connectivity index (χ1n) is 6.83. The fraction of sp³-hybridized carbons (Fsp3) is 0.250. The number of hydrogen-bond donors (Lipinski definition) is 1. The largest absolute Gasteiger partial charge is 0.481 e. The van der Waals surface area contributed by atoms with Crippen molar-refractivity contribution >= 4 is 28.9 Å². The molecule has 2 aromatic rings. The standard InChI is InChI=1S/C16H15NO3S/c1-2-10-7-8-21-14(10)15(18)17-9-12(16(19)20)11-5-3-4-6-13(11)17/h3-8,12H,2,9H2,1H3,(H,19,20). The Bertz CT molecular complexity index is 707. The van der Waals surface area contributed by atoms with Gasteiger partial charge in [0.1, 0.15) is 5.92 Å². The average molecular weight is 301 g/mol. The van der Waals surface area contributed by atoms with Crippen molar-refractivity contribution in [2.75, 3.05) is 11.4 Å². The third kappa shape index (κ3) is 2.23. The zero-order valence-corrected chi connectivity index (χ0v) is 12.4. The molecule has 0 radical (unpaired) electrons. The van der Waals surface area contributed by atoms with Crippen LogP contribution in [0.25, 0.3) is 0 Å². The van der Waals surface area contributed by atoms with Crippen molar-refractivity contribution in [1.82, 2.24) is 0 Å². The summed E-state index contributed by atoms with van der Waals surface area (Å²) in [5, 5.41) is 11.3. The Hall–Kier alpha value is -2.14. The summed E-state index contributed by atoms with van der Waals surface area (Å²) >= 11 is 1.41. The Balaban J connectivity index is 2.01. The van der Waals surface area contributed by atoms with E-state index in [4.69, 9.17) is 0 Å². The van der Waals surface area contributed by atoms with Crippen molar-refractivity contribution in [2.24, 2.45) is 0 Å². The lowest BCUT2D eigenvalue weighted by molar-refractivity contribution is -0.138. The van der Waals surface area contributed by atoms with E-state index in [-0.39, 0.29) is 12.5 Å². The molecule has 1 aliphatic heterocycles. The van der Waals surface area contributed by atoms with Crippen molar-refractivity contribution in [3.05, 3.63) is 51.7 Å². The van der Waals surface area contributed by atoms with Gasteiger partial charge in [-0.05, 0) is 35.1 Å². The van der Waals surface area contributed by atoms with Crippen LogP contribution < -0.4 is 4.90 Å². The Kier molecular flexibility index (Phi) is 3.51. The zero-order valence-electron chi connectivity index (χ0n) is 11.6. The highest BCUT2D eigenvalue weighted by Crippen LogP contribution is 2.37. The molecule has 0 spiro atoms. The second-order valence-corrected chi connectivity index (χ2v) is 5.91. The van der Waals surface area contributed by atoms with E-state index >= 15 is 0 Å². The lowest BCUT2D eigenvalue weighted by Gasteiger charge is -2.17. The van der Waals surface area contributed by atoms with Gasteiger partial charge in [-0.1, -0.05) is 25.1 Å². The number of aryl methyl sites for hydroxylation is 1. The smallest absolute Gasteiger partial charge is 0.312 e. The second kappa shape index (κ2) is 5.33. The quantitative estimate of drug-likeness (QED) is 0.947. The van der Waals surface area contributed by atoms with Crippen LogP contribution in [0.4, 0.5) is 5.69 Å². The van der Waals surface area contributed by atoms with Gasteiger partial charge in [-0.25, -0.2) is 0 Å². The van der Waals surface area contributed by atoms with E-state index in [0.29, 0.717) is 16.1 Å². The van der Waals surface area contributed by atoms with Crippen LogP contribution in [0.1, 0.15) is 33.6 Å². The average Bonchev–Trinajstić information content (AvgIpc) is 3.11. The summed E-state index contributed by atoms with van der Waals surface area (Å²) < 4.78 is 0. The molecule has 1 aliphatic rings. The number of fused-ring (bicyclic) bond motifs is 1. The monoisotopic (exact) mass is 301 g/mol. The number of carboxylic acids is 1. The van der Waals surface area contributed by atoms with Crippen molar-refractivity contribution < 1.29 is 14.7 Å². The number of rotatable bonds is 3. The van der Waals surface area contributed by atoms with E-state index in [1.807, 2.05) is 36.6 Å². The van der Waals surface area contributed by atoms with Gasteiger partial charge in [0.2, 0.25) is 0 Å². The fourth-order valence-corrected chi connectivity index (χ4v) is 3.68. The maximum Gasteiger partial charge on any atom is 0.312 e. The molecule has 0 bridgehead atoms. The number of carbonyl (C=O) groups excluding carboxylic acids is 1. The predicted molar refractivity (Wildman–Crippen MR) is 82.2 cm³/mol. The van der Waals surface area contributed by atoms with E-state index in [9.17, 15) is 14.7 Å². The number of carbonyl (C=O) groups is 2. The maximum atomic E-state index is 12.8. The number of para-hydroxylation sites is 1. The van der Waals surface area contributed by atoms with Crippen LogP contribution >= 0.6 is 11.3 Å². The lowest BCUT2D eigenvalue weighted by Crippen LogP contribution is -2.31. The predicted octanol–water partition coefficient (Wildman–Crippen LogP) is 3.14. The molecule has 4 nitrogen and oxygen atoms in total.